The van der Waals surface area contributed by atoms with E-state index in [-0.39, 0.29) is 22.9 Å². The molecule has 1 N–H and O–H groups in total. The number of nitrogens with one attached hydrogen (secondary N) is 1. The number of hydrogen-bond donors (Lipinski definition) is 1. The van der Waals surface area contributed by atoms with E-state index in [4.69, 9.17) is 4.98 Å². The summed E-state index contributed by atoms with van der Waals surface area (Å²) in [6.07, 6.45) is 7.05. The molecule has 0 spiro atoms. The summed E-state index contributed by atoms with van der Waals surface area (Å²) in [6, 6.07) is 0. The maximum absolute atomic E-state index is 13.4. The van der Waals surface area contributed by atoms with Crippen LogP contribution in [0.25, 0.3) is 10.2 Å². The van der Waals surface area contributed by atoms with E-state index in [0.717, 1.165) is 35.9 Å². The fraction of sp³-hybridized carbons (Fsp3) is 0.417. The monoisotopic (exact) mass is 469 g/mol. The van der Waals surface area contributed by atoms with Crippen molar-refractivity contribution >= 4 is 44.9 Å². The third-order valence-electron chi connectivity index (χ3n) is 6.00. The number of allylic oxidation sites excluding steroid dienone is 1. The summed E-state index contributed by atoms with van der Waals surface area (Å²) >= 11 is 2.88. The molecule has 3 heterocycles. The van der Waals surface area contributed by atoms with E-state index >= 15 is 0 Å². The topological polar surface area (TPSA) is 84.8 Å². The van der Waals surface area contributed by atoms with E-state index in [9.17, 15) is 14.4 Å². The molecule has 0 amide bonds. The first-order chi connectivity index (χ1) is 15.3. The predicted molar refractivity (Wildman–Crippen MR) is 131 cm³/mol. The van der Waals surface area contributed by atoms with Gasteiger partial charge in [-0.3, -0.25) is 19.0 Å². The summed E-state index contributed by atoms with van der Waals surface area (Å²) in [7, 11) is 0. The summed E-state index contributed by atoms with van der Waals surface area (Å²) in [4.78, 5) is 48.2. The number of ketones is 2. The van der Waals surface area contributed by atoms with Gasteiger partial charge in [0.2, 0.25) is 0 Å². The zero-order chi connectivity index (χ0) is 23.0. The van der Waals surface area contributed by atoms with Crippen molar-refractivity contribution < 1.29 is 9.59 Å². The number of carbonyl (C=O) groups excluding carboxylic acids is 2. The maximum atomic E-state index is 13.4. The van der Waals surface area contributed by atoms with Crippen LogP contribution < -0.4 is 5.56 Å². The summed E-state index contributed by atoms with van der Waals surface area (Å²) in [6.45, 7) is 9.22. The maximum Gasteiger partial charge on any atom is 0.263 e. The summed E-state index contributed by atoms with van der Waals surface area (Å²) in [5.41, 5.74) is 3.51. The zero-order valence-corrected chi connectivity index (χ0v) is 20.3. The van der Waals surface area contributed by atoms with Gasteiger partial charge in [0, 0.05) is 22.7 Å². The minimum absolute atomic E-state index is 0.0463. The third-order valence-corrected chi connectivity index (χ3v) is 8.16. The van der Waals surface area contributed by atoms with Gasteiger partial charge in [-0.25, -0.2) is 4.98 Å². The fourth-order valence-corrected chi connectivity index (χ4v) is 6.74. The number of nitrogens with zero attached hydrogens (tertiary/aromatic N) is 2. The van der Waals surface area contributed by atoms with Gasteiger partial charge in [-0.1, -0.05) is 24.3 Å². The highest BCUT2D eigenvalue weighted by atomic mass is 32.2. The third kappa shape index (κ3) is 4.01. The molecule has 3 aromatic heterocycles. The summed E-state index contributed by atoms with van der Waals surface area (Å²) < 4.78 is 1.62. The lowest BCUT2D eigenvalue weighted by Gasteiger charge is -2.10. The van der Waals surface area contributed by atoms with Crippen LogP contribution in [-0.2, 0) is 19.4 Å². The van der Waals surface area contributed by atoms with Gasteiger partial charge in [-0.2, -0.15) is 0 Å². The van der Waals surface area contributed by atoms with Crippen LogP contribution in [0.15, 0.2) is 22.6 Å². The molecular weight excluding hydrogens is 442 g/mol. The number of Topliss-reactive ketones (excluding diaryl/α,β-unsaturated/α-hetero) is 2. The first kappa shape index (κ1) is 22.7. The predicted octanol–water partition coefficient (Wildman–Crippen LogP) is 5.04. The summed E-state index contributed by atoms with van der Waals surface area (Å²) in [5, 5.41) is 1.27. The standard InChI is InChI=1S/C24H27N3O3S2/c1-5-11-27-23(30)20-16-9-7-6-8-10-18(16)32-22(20)26-24(27)31-12-17(29)21-13(2)19(15(4)28)14(3)25-21/h5,25H,1,6-12H2,2-4H3. The quantitative estimate of drug-likeness (QED) is 0.172. The van der Waals surface area contributed by atoms with Crippen molar-refractivity contribution in [2.45, 2.75) is 64.6 Å². The molecule has 0 aliphatic heterocycles. The van der Waals surface area contributed by atoms with E-state index in [1.54, 1.807) is 35.8 Å². The number of hydrogen-bond acceptors (Lipinski definition) is 6. The lowest BCUT2D eigenvalue weighted by molar-refractivity contribution is 0.101. The Hall–Kier alpha value is -2.45. The summed E-state index contributed by atoms with van der Waals surface area (Å²) in [5.74, 6) is -0.0601. The second-order valence-electron chi connectivity index (χ2n) is 8.24. The van der Waals surface area contributed by atoms with Crippen LogP contribution in [-0.4, -0.2) is 31.9 Å². The molecule has 0 saturated carbocycles. The number of thiophene rings is 1. The molecule has 32 heavy (non-hydrogen) atoms. The van der Waals surface area contributed by atoms with Gasteiger partial charge in [0.25, 0.3) is 5.56 Å². The van der Waals surface area contributed by atoms with Gasteiger partial charge in [0.05, 0.1) is 16.8 Å². The largest absolute Gasteiger partial charge is 0.355 e. The average Bonchev–Trinajstić information content (AvgIpc) is 3.14. The van der Waals surface area contributed by atoms with E-state index in [2.05, 4.69) is 11.6 Å². The number of H-pyrrole nitrogens is 1. The van der Waals surface area contributed by atoms with E-state index in [1.165, 1.54) is 35.5 Å². The molecule has 0 atom stereocenters. The van der Waals surface area contributed by atoms with Gasteiger partial charge >= 0.3 is 0 Å². The lowest BCUT2D eigenvalue weighted by Crippen LogP contribution is -2.23. The van der Waals surface area contributed by atoms with Crippen molar-refractivity contribution in [3.8, 4) is 0 Å². The molecule has 0 saturated heterocycles. The minimum atomic E-state index is -0.121. The number of carbonyl (C=O) groups is 2. The molecule has 0 bridgehead atoms. The Kier molecular flexibility index (Phi) is 6.53. The molecule has 0 fully saturated rings. The Labute approximate surface area is 195 Å². The Bertz CT molecular complexity index is 1300. The second-order valence-corrected chi connectivity index (χ2v) is 10.3. The van der Waals surface area contributed by atoms with Crippen LogP contribution in [0.5, 0.6) is 0 Å². The highest BCUT2D eigenvalue weighted by Gasteiger charge is 2.23. The van der Waals surface area contributed by atoms with Crippen molar-refractivity contribution in [2.75, 3.05) is 5.75 Å². The van der Waals surface area contributed by atoms with Crippen molar-refractivity contribution in [1.29, 1.82) is 0 Å². The molecule has 168 valence electrons. The van der Waals surface area contributed by atoms with Gasteiger partial charge < -0.3 is 4.98 Å². The van der Waals surface area contributed by atoms with Crippen molar-refractivity contribution in [1.82, 2.24) is 14.5 Å². The smallest absolute Gasteiger partial charge is 0.263 e. The number of aromatic nitrogens is 3. The first-order valence-corrected chi connectivity index (χ1v) is 12.7. The van der Waals surface area contributed by atoms with Crippen LogP contribution in [0.4, 0.5) is 0 Å². The fourth-order valence-electron chi connectivity index (χ4n) is 4.56. The second kappa shape index (κ2) is 9.19. The molecule has 3 aromatic rings. The molecule has 8 heteroatoms. The molecule has 4 rings (SSSR count). The molecule has 1 aliphatic carbocycles. The molecular formula is C24H27N3O3S2. The average molecular weight is 470 g/mol. The number of aryl methyl sites for hydroxylation is 3. The van der Waals surface area contributed by atoms with Gasteiger partial charge in [-0.15, -0.1) is 17.9 Å². The van der Waals surface area contributed by atoms with Gasteiger partial charge in [-0.05, 0) is 57.6 Å². The van der Waals surface area contributed by atoms with E-state index < -0.39 is 0 Å². The lowest BCUT2D eigenvalue weighted by atomic mass is 10.1. The highest BCUT2D eigenvalue weighted by molar-refractivity contribution is 7.99. The molecule has 6 nitrogen and oxygen atoms in total. The van der Waals surface area contributed by atoms with Crippen LogP contribution in [0.1, 0.15) is 68.7 Å². The molecule has 0 radical (unpaired) electrons. The number of thioether (sulfide) groups is 1. The van der Waals surface area contributed by atoms with Crippen LogP contribution in [0.3, 0.4) is 0 Å². The number of aromatic amines is 1. The van der Waals surface area contributed by atoms with Crippen molar-refractivity contribution in [3.63, 3.8) is 0 Å². The Balaban J connectivity index is 1.69. The molecule has 1 aliphatic rings. The van der Waals surface area contributed by atoms with Crippen LogP contribution >= 0.6 is 23.1 Å². The van der Waals surface area contributed by atoms with Crippen molar-refractivity contribution in [2.24, 2.45) is 0 Å². The molecule has 0 unspecified atom stereocenters. The zero-order valence-electron chi connectivity index (χ0n) is 18.7. The number of fused-ring (bicyclic) bond motifs is 3. The Morgan fingerprint density at radius 1 is 1.25 bits per heavy atom. The van der Waals surface area contributed by atoms with Crippen LogP contribution in [0, 0.1) is 13.8 Å². The van der Waals surface area contributed by atoms with E-state index in [0.29, 0.717) is 34.2 Å². The SMILES string of the molecule is C=CCn1c(SCC(=O)c2[nH]c(C)c(C(C)=O)c2C)nc2sc3c(c2c1=O)CCCCC3. The Morgan fingerprint density at radius 2 is 2.00 bits per heavy atom. The molecule has 0 aromatic carbocycles. The number of rotatable bonds is 7. The van der Waals surface area contributed by atoms with Gasteiger partial charge in [0.1, 0.15) is 4.83 Å². The minimum Gasteiger partial charge on any atom is -0.355 e. The van der Waals surface area contributed by atoms with Crippen LogP contribution in [0.2, 0.25) is 0 Å². The van der Waals surface area contributed by atoms with Gasteiger partial charge in [0.15, 0.2) is 16.7 Å². The van der Waals surface area contributed by atoms with Crippen molar-refractivity contribution in [3.05, 3.63) is 56.0 Å². The first-order valence-electron chi connectivity index (χ1n) is 10.9. The Morgan fingerprint density at radius 3 is 2.69 bits per heavy atom. The normalized spacial score (nSPS) is 13.7. The highest BCUT2D eigenvalue weighted by Crippen LogP contribution is 2.34. The van der Waals surface area contributed by atoms with E-state index in [1.807, 2.05) is 0 Å².